The number of hydrogen-bond acceptors (Lipinski definition) is 3. The molecule has 37 heavy (non-hydrogen) atoms. The summed E-state index contributed by atoms with van der Waals surface area (Å²) in [5, 5.41) is 2.51. The molecular weight excluding hydrogens is 452 g/mol. The van der Waals surface area contributed by atoms with Gasteiger partial charge in [-0.15, -0.1) is 0 Å². The van der Waals surface area contributed by atoms with Crippen LogP contribution in [-0.2, 0) is 19.5 Å². The van der Waals surface area contributed by atoms with Crippen molar-refractivity contribution in [1.82, 2.24) is 5.48 Å². The fourth-order valence-corrected chi connectivity index (χ4v) is 5.39. The molecule has 0 fully saturated rings. The van der Waals surface area contributed by atoms with Crippen LogP contribution >= 0.6 is 0 Å². The van der Waals surface area contributed by atoms with Gasteiger partial charge in [0, 0.05) is 18.8 Å². The average Bonchev–Trinajstić information content (AvgIpc) is 2.93. The van der Waals surface area contributed by atoms with Gasteiger partial charge in [0.1, 0.15) is 5.75 Å². The summed E-state index contributed by atoms with van der Waals surface area (Å²) in [6, 6.07) is 39.0. The van der Waals surface area contributed by atoms with Gasteiger partial charge in [0.05, 0.1) is 6.54 Å². The Morgan fingerprint density at radius 3 is 2.54 bits per heavy atom. The van der Waals surface area contributed by atoms with Crippen molar-refractivity contribution in [3.63, 3.8) is 0 Å². The van der Waals surface area contributed by atoms with Crippen molar-refractivity contribution in [2.24, 2.45) is 0 Å². The standard InChI is InChI=1S/C34H32N2O/c1-25-8-2-5-14-33(25)30-12-6-9-27(21-30)24-36-19-7-13-31-22-32(17-18-34(31)36)37-35-23-26-15-16-28-10-3-4-11-29(28)20-26/h2-6,8-12,14-18,20-22,35H,7,13,19,23-24H2,1H3. The Kier molecular flexibility index (Phi) is 6.62. The third-order valence-electron chi connectivity index (χ3n) is 7.30. The van der Waals surface area contributed by atoms with Crippen LogP contribution in [0.1, 0.15) is 28.7 Å². The molecule has 5 aromatic carbocycles. The minimum atomic E-state index is 0.658. The predicted octanol–water partition coefficient (Wildman–Crippen LogP) is 7.85. The van der Waals surface area contributed by atoms with Crippen molar-refractivity contribution in [3.8, 4) is 16.9 Å². The van der Waals surface area contributed by atoms with Gasteiger partial charge in [-0.2, -0.15) is 5.48 Å². The molecule has 3 nitrogen and oxygen atoms in total. The molecule has 1 heterocycles. The number of hydroxylamine groups is 1. The molecule has 0 bridgehead atoms. The summed E-state index contributed by atoms with van der Waals surface area (Å²) in [4.78, 5) is 8.45. The number of aryl methyl sites for hydroxylation is 2. The van der Waals surface area contributed by atoms with Crippen LogP contribution < -0.4 is 15.2 Å². The third kappa shape index (κ3) is 5.23. The predicted molar refractivity (Wildman–Crippen MR) is 154 cm³/mol. The molecule has 1 aliphatic rings. The summed E-state index contributed by atoms with van der Waals surface area (Å²) >= 11 is 0. The average molecular weight is 485 g/mol. The molecule has 5 aromatic rings. The van der Waals surface area contributed by atoms with Crippen LogP contribution in [0, 0.1) is 6.92 Å². The molecule has 0 saturated heterocycles. The molecule has 1 aliphatic heterocycles. The largest absolute Gasteiger partial charge is 0.408 e. The maximum atomic E-state index is 5.95. The number of hydrogen-bond donors (Lipinski definition) is 1. The summed E-state index contributed by atoms with van der Waals surface area (Å²) in [7, 11) is 0. The molecule has 0 saturated carbocycles. The van der Waals surface area contributed by atoms with E-state index in [1.807, 2.05) is 0 Å². The van der Waals surface area contributed by atoms with E-state index in [0.717, 1.165) is 31.7 Å². The Hall–Kier alpha value is -4.08. The minimum absolute atomic E-state index is 0.658. The Morgan fingerprint density at radius 2 is 1.62 bits per heavy atom. The third-order valence-corrected chi connectivity index (χ3v) is 7.30. The van der Waals surface area contributed by atoms with Crippen molar-refractivity contribution in [2.75, 3.05) is 11.4 Å². The first-order valence-electron chi connectivity index (χ1n) is 13.1. The molecular formula is C34H32N2O. The van der Waals surface area contributed by atoms with E-state index >= 15 is 0 Å². The SMILES string of the molecule is Cc1ccccc1-c1cccc(CN2CCCc3cc(ONCc4ccc5ccccc5c4)ccc32)c1. The lowest BCUT2D eigenvalue weighted by Crippen LogP contribution is -2.29. The van der Waals surface area contributed by atoms with E-state index in [0.29, 0.717) is 6.54 Å². The van der Waals surface area contributed by atoms with E-state index in [4.69, 9.17) is 4.84 Å². The Morgan fingerprint density at radius 1 is 0.757 bits per heavy atom. The highest BCUT2D eigenvalue weighted by atomic mass is 16.6. The van der Waals surface area contributed by atoms with Crippen molar-refractivity contribution < 1.29 is 4.84 Å². The molecule has 0 aromatic heterocycles. The maximum Gasteiger partial charge on any atom is 0.147 e. The van der Waals surface area contributed by atoms with Crippen molar-refractivity contribution in [2.45, 2.75) is 32.9 Å². The molecule has 0 radical (unpaired) electrons. The van der Waals surface area contributed by atoms with Crippen LogP contribution in [0.25, 0.3) is 21.9 Å². The van der Waals surface area contributed by atoms with Crippen LogP contribution in [0.3, 0.4) is 0 Å². The fraction of sp³-hybridized carbons (Fsp3) is 0.176. The van der Waals surface area contributed by atoms with Crippen molar-refractivity contribution >= 4 is 16.5 Å². The normalized spacial score (nSPS) is 12.9. The van der Waals surface area contributed by atoms with E-state index in [1.165, 1.54) is 49.8 Å². The summed E-state index contributed by atoms with van der Waals surface area (Å²) in [5.41, 5.74) is 12.3. The van der Waals surface area contributed by atoms with E-state index in [9.17, 15) is 0 Å². The molecule has 184 valence electrons. The molecule has 6 rings (SSSR count). The summed E-state index contributed by atoms with van der Waals surface area (Å²) in [5.74, 6) is 0.864. The van der Waals surface area contributed by atoms with E-state index < -0.39 is 0 Å². The van der Waals surface area contributed by atoms with Gasteiger partial charge in [-0.25, -0.2) is 0 Å². The Bertz CT molecular complexity index is 1540. The second-order valence-electron chi connectivity index (χ2n) is 9.94. The van der Waals surface area contributed by atoms with Crippen LogP contribution in [0.4, 0.5) is 5.69 Å². The highest BCUT2D eigenvalue weighted by Crippen LogP contribution is 2.32. The molecule has 0 amide bonds. The minimum Gasteiger partial charge on any atom is -0.408 e. The maximum absolute atomic E-state index is 5.95. The zero-order valence-corrected chi connectivity index (χ0v) is 21.3. The lowest BCUT2D eigenvalue weighted by Gasteiger charge is -2.32. The van der Waals surface area contributed by atoms with Gasteiger partial charge in [-0.05, 0) is 94.3 Å². The number of nitrogens with zero attached hydrogens (tertiary/aromatic N) is 1. The highest BCUT2D eigenvalue weighted by Gasteiger charge is 2.18. The monoisotopic (exact) mass is 484 g/mol. The van der Waals surface area contributed by atoms with Crippen LogP contribution in [-0.4, -0.2) is 6.54 Å². The number of nitrogens with one attached hydrogen (secondary N) is 1. The van der Waals surface area contributed by atoms with Gasteiger partial charge >= 0.3 is 0 Å². The van der Waals surface area contributed by atoms with Crippen molar-refractivity contribution in [3.05, 3.63) is 131 Å². The molecule has 1 N–H and O–H groups in total. The number of benzene rings is 5. The lowest BCUT2D eigenvalue weighted by atomic mass is 9.97. The topological polar surface area (TPSA) is 24.5 Å². The van der Waals surface area contributed by atoms with E-state index in [-0.39, 0.29) is 0 Å². The molecule has 0 unspecified atom stereocenters. The smallest absolute Gasteiger partial charge is 0.147 e. The zero-order chi connectivity index (χ0) is 25.0. The summed E-state index contributed by atoms with van der Waals surface area (Å²) in [6.45, 7) is 4.82. The second kappa shape index (κ2) is 10.5. The number of fused-ring (bicyclic) bond motifs is 2. The van der Waals surface area contributed by atoms with E-state index in [1.54, 1.807) is 0 Å². The fourth-order valence-electron chi connectivity index (χ4n) is 5.39. The molecule has 0 aliphatic carbocycles. The first-order chi connectivity index (χ1) is 18.2. The number of anilines is 1. The molecule has 0 atom stereocenters. The number of rotatable bonds is 7. The molecule has 0 spiro atoms. The highest BCUT2D eigenvalue weighted by molar-refractivity contribution is 5.83. The first kappa shape index (κ1) is 23.3. The van der Waals surface area contributed by atoms with Gasteiger partial charge < -0.3 is 9.74 Å². The van der Waals surface area contributed by atoms with Crippen molar-refractivity contribution in [1.29, 1.82) is 0 Å². The lowest BCUT2D eigenvalue weighted by molar-refractivity contribution is 0.190. The molecule has 3 heteroatoms. The van der Waals surface area contributed by atoms with Gasteiger partial charge in [-0.1, -0.05) is 78.9 Å². The summed E-state index contributed by atoms with van der Waals surface area (Å²) in [6.07, 6.45) is 2.23. The first-order valence-corrected chi connectivity index (χ1v) is 13.1. The zero-order valence-electron chi connectivity index (χ0n) is 21.3. The van der Waals surface area contributed by atoms with Crippen LogP contribution in [0.5, 0.6) is 5.75 Å². The Labute approximate surface area is 219 Å². The Balaban J connectivity index is 1.13. The van der Waals surface area contributed by atoms with Crippen LogP contribution in [0.2, 0.25) is 0 Å². The van der Waals surface area contributed by atoms with Gasteiger partial charge in [0.2, 0.25) is 0 Å². The second-order valence-corrected chi connectivity index (χ2v) is 9.94. The van der Waals surface area contributed by atoms with Crippen LogP contribution in [0.15, 0.2) is 109 Å². The van der Waals surface area contributed by atoms with Gasteiger partial charge in [-0.3, -0.25) is 0 Å². The van der Waals surface area contributed by atoms with E-state index in [2.05, 4.69) is 126 Å². The quantitative estimate of drug-likeness (QED) is 0.238. The summed E-state index contributed by atoms with van der Waals surface area (Å²) < 4.78 is 0. The van der Waals surface area contributed by atoms with Gasteiger partial charge in [0.25, 0.3) is 0 Å². The van der Waals surface area contributed by atoms with Gasteiger partial charge in [0.15, 0.2) is 0 Å².